The Morgan fingerprint density at radius 2 is 1.79 bits per heavy atom. The van der Waals surface area contributed by atoms with Crippen LogP contribution >= 0.6 is 0 Å². The molecule has 0 unspecified atom stereocenters. The van der Waals surface area contributed by atoms with Crippen LogP contribution in [0.4, 0.5) is 4.79 Å². The second-order valence-corrected chi connectivity index (χ2v) is 7.79. The monoisotopic (exact) mass is 269 g/mol. The van der Waals surface area contributed by atoms with E-state index in [0.29, 0.717) is 11.3 Å². The number of hydrogen-bond acceptors (Lipinski definition) is 3. The number of aliphatic hydroxyl groups excluding tert-OH is 1. The van der Waals surface area contributed by atoms with E-state index < -0.39 is 11.7 Å². The molecule has 3 aliphatic rings. The lowest BCUT2D eigenvalue weighted by molar-refractivity contribution is -0.248. The molecule has 0 heterocycles. The van der Waals surface area contributed by atoms with Gasteiger partial charge in [0.2, 0.25) is 0 Å². The summed E-state index contributed by atoms with van der Waals surface area (Å²) >= 11 is 0. The van der Waals surface area contributed by atoms with E-state index in [0.717, 1.165) is 19.3 Å². The molecular weight excluding hydrogens is 242 g/mol. The predicted molar refractivity (Wildman–Crippen MR) is 73.8 cm³/mol. The van der Waals surface area contributed by atoms with Crippen molar-refractivity contribution in [1.82, 2.24) is 5.32 Å². The lowest BCUT2D eigenvalue weighted by Crippen LogP contribution is -2.72. The summed E-state index contributed by atoms with van der Waals surface area (Å²) in [7, 11) is 0. The average molecular weight is 269 g/mol. The first kappa shape index (κ1) is 14.6. The summed E-state index contributed by atoms with van der Waals surface area (Å²) < 4.78 is 5.26. The van der Waals surface area contributed by atoms with Crippen LogP contribution in [0.15, 0.2) is 0 Å². The summed E-state index contributed by atoms with van der Waals surface area (Å²) in [5.74, 6) is 0.690. The van der Waals surface area contributed by atoms with Crippen LogP contribution in [0.3, 0.4) is 0 Å². The third-order valence-corrected chi connectivity index (χ3v) is 4.95. The molecule has 0 aromatic carbocycles. The van der Waals surface area contributed by atoms with E-state index >= 15 is 0 Å². The van der Waals surface area contributed by atoms with Gasteiger partial charge in [0.15, 0.2) is 0 Å². The Morgan fingerprint density at radius 3 is 2.16 bits per heavy atom. The first-order valence-electron chi connectivity index (χ1n) is 7.23. The molecule has 3 aliphatic carbocycles. The van der Waals surface area contributed by atoms with Crippen LogP contribution in [0.2, 0.25) is 0 Å². The zero-order valence-electron chi connectivity index (χ0n) is 12.7. The largest absolute Gasteiger partial charge is 0.444 e. The zero-order chi connectivity index (χ0) is 14.5. The van der Waals surface area contributed by atoms with Gasteiger partial charge in [-0.15, -0.1) is 0 Å². The van der Waals surface area contributed by atoms with Crippen molar-refractivity contribution < 1.29 is 14.6 Å². The van der Waals surface area contributed by atoms with E-state index in [1.165, 1.54) is 0 Å². The van der Waals surface area contributed by atoms with Gasteiger partial charge in [-0.05, 0) is 56.8 Å². The number of carbonyl (C=O) groups excluding carboxylic acids is 1. The van der Waals surface area contributed by atoms with Gasteiger partial charge < -0.3 is 15.2 Å². The average Bonchev–Trinajstić information content (AvgIpc) is 2.07. The number of rotatable bonds is 4. The van der Waals surface area contributed by atoms with Gasteiger partial charge in [-0.1, -0.05) is 13.8 Å². The topological polar surface area (TPSA) is 58.6 Å². The van der Waals surface area contributed by atoms with Crippen molar-refractivity contribution >= 4 is 6.09 Å². The lowest BCUT2D eigenvalue weighted by atomic mass is 9.30. The van der Waals surface area contributed by atoms with Crippen LogP contribution in [-0.2, 0) is 4.74 Å². The second-order valence-electron chi connectivity index (χ2n) is 7.79. The third kappa shape index (κ3) is 2.47. The Morgan fingerprint density at radius 1 is 1.26 bits per heavy atom. The van der Waals surface area contributed by atoms with Crippen LogP contribution < -0.4 is 5.32 Å². The van der Waals surface area contributed by atoms with Gasteiger partial charge in [0.05, 0.1) is 12.6 Å². The minimum atomic E-state index is -0.497. The number of carbonyl (C=O) groups is 1. The van der Waals surface area contributed by atoms with E-state index in [9.17, 15) is 9.90 Å². The Hall–Kier alpha value is -0.770. The van der Waals surface area contributed by atoms with Crippen LogP contribution in [0.5, 0.6) is 0 Å². The molecule has 0 saturated heterocycles. The number of ether oxygens (including phenoxy) is 1. The standard InChI is InChI=1S/C15H27NO3/c1-10(2)14-7-15(8-14,9-14)11(6-17)16-12(18)19-13(3,4)5/h10-11,17H,6-9H2,1-5H3,(H,16,18)/t11-,14?,15?/m0/s1. The Balaban J connectivity index is 1.89. The smallest absolute Gasteiger partial charge is 0.407 e. The first-order chi connectivity index (χ1) is 8.62. The van der Waals surface area contributed by atoms with Gasteiger partial charge in [-0.25, -0.2) is 4.79 Å². The van der Waals surface area contributed by atoms with Gasteiger partial charge in [0.1, 0.15) is 5.60 Å². The number of aliphatic hydroxyl groups is 1. The van der Waals surface area contributed by atoms with Gasteiger partial charge >= 0.3 is 6.09 Å². The highest BCUT2D eigenvalue weighted by atomic mass is 16.6. The number of alkyl carbamates (subject to hydrolysis) is 1. The summed E-state index contributed by atoms with van der Waals surface area (Å²) in [6.45, 7) is 10.0. The molecule has 1 atom stereocenters. The fourth-order valence-corrected chi connectivity index (χ4v) is 3.77. The summed E-state index contributed by atoms with van der Waals surface area (Å²) in [5, 5.41) is 12.4. The molecule has 0 aliphatic heterocycles. The van der Waals surface area contributed by atoms with E-state index in [2.05, 4.69) is 19.2 Å². The summed E-state index contributed by atoms with van der Waals surface area (Å²) in [4.78, 5) is 11.8. The number of hydrogen-bond donors (Lipinski definition) is 2. The molecule has 2 bridgehead atoms. The molecule has 3 fully saturated rings. The minimum Gasteiger partial charge on any atom is -0.444 e. The number of nitrogens with one attached hydrogen (secondary N) is 1. The van der Waals surface area contributed by atoms with Crippen molar-refractivity contribution in [2.24, 2.45) is 16.7 Å². The fourth-order valence-electron chi connectivity index (χ4n) is 3.77. The van der Waals surface area contributed by atoms with Crippen LogP contribution in [0, 0.1) is 16.7 Å². The van der Waals surface area contributed by atoms with Gasteiger partial charge in [-0.3, -0.25) is 0 Å². The van der Waals surface area contributed by atoms with Gasteiger partial charge in [0.25, 0.3) is 0 Å². The molecular formula is C15H27NO3. The highest BCUT2D eigenvalue weighted by molar-refractivity contribution is 5.68. The van der Waals surface area contributed by atoms with Crippen molar-refractivity contribution in [1.29, 1.82) is 0 Å². The van der Waals surface area contributed by atoms with Crippen LogP contribution in [-0.4, -0.2) is 29.4 Å². The Bertz CT molecular complexity index is 350. The van der Waals surface area contributed by atoms with Gasteiger partial charge in [-0.2, -0.15) is 0 Å². The van der Waals surface area contributed by atoms with E-state index in [1.54, 1.807) is 0 Å². The summed E-state index contributed by atoms with van der Waals surface area (Å²) in [6, 6.07) is -0.164. The maximum absolute atomic E-state index is 11.8. The second kappa shape index (κ2) is 4.37. The van der Waals surface area contributed by atoms with Crippen LogP contribution in [0.25, 0.3) is 0 Å². The Kier molecular flexibility index (Phi) is 3.37. The maximum Gasteiger partial charge on any atom is 0.407 e. The molecule has 3 rings (SSSR count). The Labute approximate surface area is 115 Å². The first-order valence-corrected chi connectivity index (χ1v) is 7.23. The molecule has 4 nitrogen and oxygen atoms in total. The van der Waals surface area contributed by atoms with E-state index in [-0.39, 0.29) is 18.1 Å². The highest BCUT2D eigenvalue weighted by Crippen LogP contribution is 2.77. The summed E-state index contributed by atoms with van der Waals surface area (Å²) in [6.07, 6.45) is 2.95. The van der Waals surface area contributed by atoms with E-state index in [4.69, 9.17) is 4.74 Å². The van der Waals surface area contributed by atoms with E-state index in [1.807, 2.05) is 20.8 Å². The molecule has 0 radical (unpaired) electrons. The SMILES string of the molecule is CC(C)C12CC([C@H](CO)NC(=O)OC(C)(C)C)(C1)C2. The highest BCUT2D eigenvalue weighted by Gasteiger charge is 2.71. The fraction of sp³-hybridized carbons (Fsp3) is 0.933. The molecule has 2 N–H and O–H groups in total. The normalized spacial score (nSPS) is 34.3. The van der Waals surface area contributed by atoms with Crippen molar-refractivity contribution in [2.45, 2.75) is 65.5 Å². The molecule has 19 heavy (non-hydrogen) atoms. The molecule has 1 amide bonds. The third-order valence-electron chi connectivity index (χ3n) is 4.95. The minimum absolute atomic E-state index is 0.00653. The molecule has 3 saturated carbocycles. The molecule has 0 spiro atoms. The zero-order valence-corrected chi connectivity index (χ0v) is 12.7. The lowest BCUT2D eigenvalue weighted by Gasteiger charge is -2.75. The quantitative estimate of drug-likeness (QED) is 0.825. The maximum atomic E-state index is 11.8. The van der Waals surface area contributed by atoms with Crippen molar-refractivity contribution in [2.75, 3.05) is 6.61 Å². The molecule has 110 valence electrons. The predicted octanol–water partition coefficient (Wildman–Crippen LogP) is 2.70. The van der Waals surface area contributed by atoms with Crippen molar-refractivity contribution in [3.8, 4) is 0 Å². The molecule has 0 aromatic rings. The molecule has 0 aromatic heterocycles. The molecule has 4 heteroatoms. The number of amides is 1. The van der Waals surface area contributed by atoms with Gasteiger partial charge in [0, 0.05) is 0 Å². The van der Waals surface area contributed by atoms with Crippen molar-refractivity contribution in [3.63, 3.8) is 0 Å². The van der Waals surface area contributed by atoms with Crippen molar-refractivity contribution in [3.05, 3.63) is 0 Å². The van der Waals surface area contributed by atoms with Crippen LogP contribution in [0.1, 0.15) is 53.9 Å². The summed E-state index contributed by atoms with van der Waals surface area (Å²) in [5.41, 5.74) is 0.0988.